The molecular formula is C16H14Cl2N4OS. The van der Waals surface area contributed by atoms with Crippen LogP contribution in [0.15, 0.2) is 35.4 Å². The topological polar surface area (TPSA) is 53.1 Å². The zero-order chi connectivity index (χ0) is 16.8. The van der Waals surface area contributed by atoms with Crippen LogP contribution in [-0.4, -0.2) is 13.9 Å². The largest absolute Gasteiger partial charge is 0.358 e. The summed E-state index contributed by atoms with van der Waals surface area (Å²) in [6.45, 7) is 1.45. The molecule has 24 heavy (non-hydrogen) atoms. The molecule has 0 spiro atoms. The van der Waals surface area contributed by atoms with Crippen molar-refractivity contribution in [2.75, 3.05) is 4.72 Å². The van der Waals surface area contributed by atoms with Gasteiger partial charge in [-0.1, -0.05) is 29.3 Å². The van der Waals surface area contributed by atoms with E-state index >= 15 is 0 Å². The van der Waals surface area contributed by atoms with Crippen molar-refractivity contribution in [3.8, 4) is 0 Å². The summed E-state index contributed by atoms with van der Waals surface area (Å²) in [5.41, 5.74) is 4.12. The number of aryl methyl sites for hydroxylation is 1. The van der Waals surface area contributed by atoms with Gasteiger partial charge < -0.3 is 14.3 Å². The molecule has 4 rings (SSSR count). The molecule has 0 radical (unpaired) electrons. The van der Waals surface area contributed by atoms with Crippen LogP contribution in [-0.2, 0) is 20.1 Å². The van der Waals surface area contributed by atoms with Crippen LogP contribution in [0.3, 0.4) is 0 Å². The van der Waals surface area contributed by atoms with Crippen LogP contribution in [0, 0.1) is 0 Å². The van der Waals surface area contributed by atoms with Crippen LogP contribution in [0.4, 0.5) is 5.69 Å². The van der Waals surface area contributed by atoms with Gasteiger partial charge in [-0.2, -0.15) is 0 Å². The van der Waals surface area contributed by atoms with Gasteiger partial charge in [-0.15, -0.1) is 0 Å². The predicted molar refractivity (Wildman–Crippen MR) is 100 cm³/mol. The Morgan fingerprint density at radius 1 is 1.29 bits per heavy atom. The highest BCUT2D eigenvalue weighted by molar-refractivity contribution is 7.98. The van der Waals surface area contributed by atoms with Crippen molar-refractivity contribution in [2.45, 2.75) is 13.1 Å². The molecule has 5 nitrogen and oxygen atoms in total. The lowest BCUT2D eigenvalue weighted by molar-refractivity contribution is 0.459. The summed E-state index contributed by atoms with van der Waals surface area (Å²) in [5, 5.41) is 2.11. The average molecular weight is 381 g/mol. The van der Waals surface area contributed by atoms with Gasteiger partial charge in [-0.25, -0.2) is 4.31 Å². The summed E-state index contributed by atoms with van der Waals surface area (Å²) < 4.78 is 7.13. The Morgan fingerprint density at radius 2 is 2.12 bits per heavy atom. The second kappa shape index (κ2) is 6.04. The van der Waals surface area contributed by atoms with Crippen molar-refractivity contribution >= 4 is 51.9 Å². The van der Waals surface area contributed by atoms with Crippen LogP contribution in [0.2, 0.25) is 10.0 Å². The highest BCUT2D eigenvalue weighted by Crippen LogP contribution is 2.41. The number of aromatic amines is 1. The zero-order valence-electron chi connectivity index (χ0n) is 12.8. The van der Waals surface area contributed by atoms with E-state index in [9.17, 15) is 4.79 Å². The smallest absolute Gasteiger partial charge is 0.250 e. The van der Waals surface area contributed by atoms with Crippen LogP contribution in [0.25, 0.3) is 10.9 Å². The first-order valence-electron chi connectivity index (χ1n) is 7.34. The van der Waals surface area contributed by atoms with E-state index in [-0.39, 0.29) is 5.56 Å². The van der Waals surface area contributed by atoms with Gasteiger partial charge in [0.05, 0.1) is 21.2 Å². The summed E-state index contributed by atoms with van der Waals surface area (Å²) in [6, 6.07) is 5.41. The fourth-order valence-electron chi connectivity index (χ4n) is 2.90. The molecule has 1 aliphatic rings. The Hall–Kier alpha value is -1.60. The molecule has 2 N–H and O–H groups in total. The van der Waals surface area contributed by atoms with E-state index in [1.807, 2.05) is 18.3 Å². The zero-order valence-corrected chi connectivity index (χ0v) is 15.1. The van der Waals surface area contributed by atoms with Crippen molar-refractivity contribution in [3.63, 3.8) is 0 Å². The van der Waals surface area contributed by atoms with Crippen molar-refractivity contribution in [3.05, 3.63) is 62.1 Å². The van der Waals surface area contributed by atoms with E-state index in [0.29, 0.717) is 16.6 Å². The molecule has 0 atom stereocenters. The highest BCUT2D eigenvalue weighted by Gasteiger charge is 2.22. The highest BCUT2D eigenvalue weighted by atomic mass is 35.5. The van der Waals surface area contributed by atoms with Crippen molar-refractivity contribution in [1.82, 2.24) is 13.9 Å². The lowest BCUT2D eigenvalue weighted by atomic mass is 10.1. The third-order valence-electron chi connectivity index (χ3n) is 4.07. The quantitative estimate of drug-likeness (QED) is 0.655. The Labute approximate surface area is 152 Å². The van der Waals surface area contributed by atoms with E-state index in [2.05, 4.69) is 14.0 Å². The van der Waals surface area contributed by atoms with Gasteiger partial charge in [0, 0.05) is 56.1 Å². The number of rotatable bonds is 2. The summed E-state index contributed by atoms with van der Waals surface area (Å²) in [6.07, 6.45) is 3.61. The second-order valence-electron chi connectivity index (χ2n) is 5.76. The maximum atomic E-state index is 11.5. The van der Waals surface area contributed by atoms with E-state index in [1.165, 1.54) is 12.1 Å². The Kier molecular flexibility index (Phi) is 4.00. The first-order valence-corrected chi connectivity index (χ1v) is 8.87. The van der Waals surface area contributed by atoms with E-state index < -0.39 is 0 Å². The van der Waals surface area contributed by atoms with Gasteiger partial charge in [-0.3, -0.25) is 4.79 Å². The molecule has 0 aliphatic carbocycles. The molecule has 0 fully saturated rings. The van der Waals surface area contributed by atoms with Crippen LogP contribution in [0.5, 0.6) is 0 Å². The molecule has 0 unspecified atom stereocenters. The lowest BCUT2D eigenvalue weighted by Gasteiger charge is -2.28. The molecule has 1 aromatic carbocycles. The molecule has 124 valence electrons. The number of halogens is 2. The van der Waals surface area contributed by atoms with E-state index in [4.69, 9.17) is 23.2 Å². The minimum absolute atomic E-state index is 0.00804. The Bertz CT molecular complexity index is 998. The van der Waals surface area contributed by atoms with Crippen LogP contribution >= 0.6 is 35.3 Å². The van der Waals surface area contributed by atoms with Crippen LogP contribution < -0.4 is 10.3 Å². The average Bonchev–Trinajstić information content (AvgIpc) is 2.94. The van der Waals surface area contributed by atoms with Gasteiger partial charge in [-0.05, 0) is 17.2 Å². The standard InChI is InChI=1S/C16H14Cl2N4OS/c1-21-6-9(2-3-13(21)23)7-22-8-10-4-11(17)14-12(18)5-19-16(14)15(10)20-24-22/h2-6,19-20H,7-8H2,1H3. The fourth-order valence-corrected chi connectivity index (χ4v) is 4.40. The summed E-state index contributed by atoms with van der Waals surface area (Å²) >= 11 is 14.1. The number of aromatic nitrogens is 2. The minimum atomic E-state index is -0.00804. The number of pyridine rings is 1. The summed E-state index contributed by atoms with van der Waals surface area (Å²) in [4.78, 5) is 14.7. The maximum absolute atomic E-state index is 11.5. The molecule has 3 heterocycles. The van der Waals surface area contributed by atoms with Gasteiger partial charge in [0.15, 0.2) is 0 Å². The molecule has 0 amide bonds. The molecule has 1 aliphatic heterocycles. The molecular weight excluding hydrogens is 367 g/mol. The SMILES string of the molecule is Cn1cc(CN2Cc3cc(Cl)c4c(Cl)c[nH]c4c3NS2)ccc1=O. The lowest BCUT2D eigenvalue weighted by Crippen LogP contribution is -2.23. The van der Waals surface area contributed by atoms with Crippen molar-refractivity contribution in [1.29, 1.82) is 0 Å². The number of hydrogen-bond donors (Lipinski definition) is 2. The molecule has 3 aromatic rings. The van der Waals surface area contributed by atoms with E-state index in [1.54, 1.807) is 23.9 Å². The number of fused-ring (bicyclic) bond motifs is 3. The monoisotopic (exact) mass is 380 g/mol. The first kappa shape index (κ1) is 15.9. The van der Waals surface area contributed by atoms with E-state index in [0.717, 1.165) is 34.3 Å². The van der Waals surface area contributed by atoms with Gasteiger partial charge >= 0.3 is 0 Å². The Morgan fingerprint density at radius 3 is 2.92 bits per heavy atom. The predicted octanol–water partition coefficient (Wildman–Crippen LogP) is 4.16. The third kappa shape index (κ3) is 2.69. The normalized spacial score (nSPS) is 14.6. The summed E-state index contributed by atoms with van der Waals surface area (Å²) in [5.74, 6) is 0. The van der Waals surface area contributed by atoms with Gasteiger partial charge in [0.25, 0.3) is 0 Å². The molecule has 2 aromatic heterocycles. The molecule has 8 heteroatoms. The fraction of sp³-hybridized carbons (Fsp3) is 0.188. The van der Waals surface area contributed by atoms with Crippen LogP contribution in [0.1, 0.15) is 11.1 Å². The number of nitrogens with zero attached hydrogens (tertiary/aromatic N) is 2. The molecule has 0 saturated carbocycles. The Balaban J connectivity index is 1.64. The maximum Gasteiger partial charge on any atom is 0.250 e. The van der Waals surface area contributed by atoms with Gasteiger partial charge in [0.2, 0.25) is 5.56 Å². The van der Waals surface area contributed by atoms with Gasteiger partial charge in [0.1, 0.15) is 0 Å². The van der Waals surface area contributed by atoms with Crippen molar-refractivity contribution in [2.24, 2.45) is 7.05 Å². The minimum Gasteiger partial charge on any atom is -0.358 e. The number of hydrogen-bond acceptors (Lipinski definition) is 4. The molecule has 0 saturated heterocycles. The second-order valence-corrected chi connectivity index (χ2v) is 7.47. The number of anilines is 1. The summed E-state index contributed by atoms with van der Waals surface area (Å²) in [7, 11) is 1.76. The number of H-pyrrole nitrogens is 1. The number of nitrogens with one attached hydrogen (secondary N) is 2. The number of benzene rings is 1. The first-order chi connectivity index (χ1) is 11.5. The molecule has 0 bridgehead atoms. The van der Waals surface area contributed by atoms with Crippen molar-refractivity contribution < 1.29 is 0 Å². The third-order valence-corrected chi connectivity index (χ3v) is 5.48.